The number of nitrogens with zero attached hydrogens (tertiary/aromatic N) is 2. The Bertz CT molecular complexity index is 1090. The first-order valence-electron chi connectivity index (χ1n) is 11.4. The van der Waals surface area contributed by atoms with Gasteiger partial charge in [-0.1, -0.05) is 19.8 Å². The van der Waals surface area contributed by atoms with Crippen LogP contribution in [0.1, 0.15) is 70.3 Å². The van der Waals surface area contributed by atoms with Gasteiger partial charge in [0, 0.05) is 24.4 Å². The predicted molar refractivity (Wildman–Crippen MR) is 121 cm³/mol. The molecule has 8 heteroatoms. The van der Waals surface area contributed by atoms with E-state index >= 15 is 0 Å². The Morgan fingerprint density at radius 3 is 2.59 bits per heavy atom. The van der Waals surface area contributed by atoms with Crippen molar-refractivity contribution in [2.24, 2.45) is 0 Å². The van der Waals surface area contributed by atoms with E-state index in [0.717, 1.165) is 25.7 Å². The van der Waals surface area contributed by atoms with Crippen LogP contribution in [0.3, 0.4) is 0 Å². The summed E-state index contributed by atoms with van der Waals surface area (Å²) in [4.78, 5) is 41.1. The summed E-state index contributed by atoms with van der Waals surface area (Å²) in [6.07, 6.45) is 4.75. The molecule has 1 fully saturated rings. The maximum absolute atomic E-state index is 14.1. The lowest BCUT2D eigenvalue weighted by Crippen LogP contribution is -2.66. The van der Waals surface area contributed by atoms with Crippen LogP contribution in [0.4, 0.5) is 10.1 Å². The van der Waals surface area contributed by atoms with Crippen molar-refractivity contribution >= 4 is 34.3 Å². The number of hydrogen-bond acceptors (Lipinski definition) is 3. The van der Waals surface area contributed by atoms with Gasteiger partial charge in [-0.15, -0.1) is 0 Å². The zero-order valence-electron chi connectivity index (χ0n) is 19.1. The van der Waals surface area contributed by atoms with E-state index in [-0.39, 0.29) is 42.0 Å². The van der Waals surface area contributed by atoms with E-state index < -0.39 is 11.4 Å². The Hall–Kier alpha value is -2.90. The zero-order chi connectivity index (χ0) is 23.2. The third-order valence-electron chi connectivity index (χ3n) is 6.96. The van der Waals surface area contributed by atoms with Crippen molar-refractivity contribution in [3.05, 3.63) is 29.7 Å². The fourth-order valence-corrected chi connectivity index (χ4v) is 5.20. The summed E-state index contributed by atoms with van der Waals surface area (Å²) < 4.78 is 15.9. The minimum Gasteiger partial charge on any atom is -0.351 e. The number of fused-ring (bicyclic) bond motifs is 3. The van der Waals surface area contributed by atoms with Crippen molar-refractivity contribution in [2.75, 3.05) is 5.32 Å². The molecular weight excluding hydrogens is 411 g/mol. The second-order valence-corrected chi connectivity index (χ2v) is 9.31. The standard InChI is InChI=1S/C24H31FN4O3/c1-5-14(2)29-22(31)21-20(26-15(3)30)18-12-16(25)10-11-19(18)28(21)13-24(29,4)23(32)27-17-8-6-7-9-17/h10-12,14,17H,5-9,13H2,1-4H3,(H,26,30)(H,27,32)/t14-,24+/m0/s1. The van der Waals surface area contributed by atoms with Crippen LogP contribution >= 0.6 is 0 Å². The molecule has 2 heterocycles. The van der Waals surface area contributed by atoms with Gasteiger partial charge >= 0.3 is 0 Å². The molecule has 1 aromatic carbocycles. The normalized spacial score (nSPS) is 22.2. The number of halogens is 1. The van der Waals surface area contributed by atoms with Crippen LogP contribution in [-0.2, 0) is 16.1 Å². The van der Waals surface area contributed by atoms with Gasteiger partial charge in [-0.05, 0) is 51.3 Å². The van der Waals surface area contributed by atoms with Crippen molar-refractivity contribution in [3.8, 4) is 0 Å². The maximum Gasteiger partial charge on any atom is 0.273 e. The van der Waals surface area contributed by atoms with E-state index in [4.69, 9.17) is 0 Å². The second-order valence-electron chi connectivity index (χ2n) is 9.31. The molecule has 0 spiro atoms. The molecule has 4 rings (SSSR count). The molecule has 0 bridgehead atoms. The van der Waals surface area contributed by atoms with Gasteiger partial charge in [0.05, 0.1) is 17.7 Å². The summed E-state index contributed by atoms with van der Waals surface area (Å²) >= 11 is 0. The van der Waals surface area contributed by atoms with E-state index in [1.165, 1.54) is 19.1 Å². The lowest BCUT2D eigenvalue weighted by Gasteiger charge is -2.47. The summed E-state index contributed by atoms with van der Waals surface area (Å²) in [5.41, 5.74) is 0.0774. The lowest BCUT2D eigenvalue weighted by atomic mass is 9.91. The molecule has 172 valence electrons. The Labute approximate surface area is 187 Å². The van der Waals surface area contributed by atoms with Gasteiger partial charge in [-0.2, -0.15) is 0 Å². The van der Waals surface area contributed by atoms with Gasteiger partial charge < -0.3 is 20.1 Å². The summed E-state index contributed by atoms with van der Waals surface area (Å²) in [5.74, 6) is -1.32. The first-order valence-corrected chi connectivity index (χ1v) is 11.4. The number of aromatic nitrogens is 1. The van der Waals surface area contributed by atoms with Crippen LogP contribution in [0.5, 0.6) is 0 Å². The molecule has 1 aliphatic carbocycles. The van der Waals surface area contributed by atoms with Crippen LogP contribution in [-0.4, -0.2) is 44.8 Å². The minimum atomic E-state index is -1.12. The molecule has 2 aromatic rings. The quantitative estimate of drug-likeness (QED) is 0.739. The molecule has 1 saturated carbocycles. The Morgan fingerprint density at radius 2 is 1.97 bits per heavy atom. The molecule has 32 heavy (non-hydrogen) atoms. The lowest BCUT2D eigenvalue weighted by molar-refractivity contribution is -0.134. The first kappa shape index (κ1) is 22.3. The second kappa shape index (κ2) is 8.22. The third kappa shape index (κ3) is 3.55. The number of anilines is 1. The molecule has 2 atom stereocenters. The average molecular weight is 443 g/mol. The van der Waals surface area contributed by atoms with Crippen molar-refractivity contribution < 1.29 is 18.8 Å². The summed E-state index contributed by atoms with van der Waals surface area (Å²) in [6.45, 7) is 7.28. The highest BCUT2D eigenvalue weighted by Crippen LogP contribution is 2.40. The van der Waals surface area contributed by atoms with Crippen molar-refractivity contribution in [3.63, 3.8) is 0 Å². The van der Waals surface area contributed by atoms with Gasteiger partial charge in [-0.3, -0.25) is 14.4 Å². The minimum absolute atomic E-state index is 0.125. The number of amides is 3. The Morgan fingerprint density at radius 1 is 1.28 bits per heavy atom. The third-order valence-corrected chi connectivity index (χ3v) is 6.96. The number of carbonyl (C=O) groups is 3. The fraction of sp³-hybridized carbons (Fsp3) is 0.542. The average Bonchev–Trinajstić information content (AvgIpc) is 3.34. The SMILES string of the molecule is CC[C@H](C)N1C(=O)c2c(NC(C)=O)c3cc(F)ccc3n2C[C@]1(C)C(=O)NC1CCCC1. The topological polar surface area (TPSA) is 83.4 Å². The van der Waals surface area contributed by atoms with Gasteiger partial charge in [0.1, 0.15) is 17.1 Å². The number of rotatable bonds is 5. The molecule has 2 N–H and O–H groups in total. The van der Waals surface area contributed by atoms with Crippen LogP contribution in [0.2, 0.25) is 0 Å². The molecule has 3 amide bonds. The Balaban J connectivity index is 1.88. The van der Waals surface area contributed by atoms with Crippen LogP contribution in [0.25, 0.3) is 10.9 Å². The molecule has 0 saturated heterocycles. The van der Waals surface area contributed by atoms with E-state index in [0.29, 0.717) is 23.0 Å². The van der Waals surface area contributed by atoms with Crippen LogP contribution in [0.15, 0.2) is 18.2 Å². The molecule has 2 aliphatic rings. The smallest absolute Gasteiger partial charge is 0.273 e. The summed E-state index contributed by atoms with van der Waals surface area (Å²) in [7, 11) is 0. The van der Waals surface area contributed by atoms with E-state index in [1.54, 1.807) is 22.5 Å². The van der Waals surface area contributed by atoms with Crippen molar-refractivity contribution in [1.29, 1.82) is 0 Å². The highest BCUT2D eigenvalue weighted by molar-refractivity contribution is 6.14. The summed E-state index contributed by atoms with van der Waals surface area (Å²) in [5, 5.41) is 6.35. The predicted octanol–water partition coefficient (Wildman–Crippen LogP) is 3.81. The van der Waals surface area contributed by atoms with E-state index in [2.05, 4.69) is 10.6 Å². The fourth-order valence-electron chi connectivity index (χ4n) is 5.20. The van der Waals surface area contributed by atoms with Crippen LogP contribution in [0, 0.1) is 5.82 Å². The van der Waals surface area contributed by atoms with E-state index in [1.807, 2.05) is 13.8 Å². The summed E-state index contributed by atoms with van der Waals surface area (Å²) in [6, 6.07) is 4.17. The Kier molecular flexibility index (Phi) is 5.73. The van der Waals surface area contributed by atoms with Crippen molar-refractivity contribution in [1.82, 2.24) is 14.8 Å². The molecule has 0 radical (unpaired) electrons. The number of hydrogen-bond donors (Lipinski definition) is 2. The zero-order valence-corrected chi connectivity index (χ0v) is 19.1. The largest absolute Gasteiger partial charge is 0.351 e. The monoisotopic (exact) mass is 442 g/mol. The van der Waals surface area contributed by atoms with E-state index in [9.17, 15) is 18.8 Å². The van der Waals surface area contributed by atoms with Gasteiger partial charge in [0.25, 0.3) is 5.91 Å². The van der Waals surface area contributed by atoms with Gasteiger partial charge in [0.2, 0.25) is 11.8 Å². The number of nitrogens with one attached hydrogen (secondary N) is 2. The molecular formula is C24H31FN4O3. The molecule has 1 aliphatic heterocycles. The molecule has 7 nitrogen and oxygen atoms in total. The van der Waals surface area contributed by atoms with Crippen LogP contribution < -0.4 is 10.6 Å². The highest BCUT2D eigenvalue weighted by atomic mass is 19.1. The molecule has 1 aromatic heterocycles. The van der Waals surface area contributed by atoms with Gasteiger partial charge in [0.15, 0.2) is 0 Å². The maximum atomic E-state index is 14.1. The molecule has 0 unspecified atom stereocenters. The first-order chi connectivity index (χ1) is 15.2. The number of carbonyl (C=O) groups excluding carboxylic acids is 3. The highest BCUT2D eigenvalue weighted by Gasteiger charge is 2.50. The number of benzene rings is 1. The van der Waals surface area contributed by atoms with Gasteiger partial charge in [-0.25, -0.2) is 4.39 Å². The van der Waals surface area contributed by atoms with Crippen molar-refractivity contribution in [2.45, 2.75) is 84.0 Å².